The number of ether oxygens (including phenoxy) is 3. The Morgan fingerprint density at radius 1 is 1.25 bits per heavy atom. The quantitative estimate of drug-likeness (QED) is 0.905. The van der Waals surface area contributed by atoms with Crippen LogP contribution in [-0.4, -0.2) is 50.0 Å². The number of aliphatic hydroxyl groups is 1. The third-order valence-corrected chi connectivity index (χ3v) is 4.24. The fourth-order valence-corrected chi connectivity index (χ4v) is 3.19. The zero-order chi connectivity index (χ0) is 14.1. The molecule has 2 heterocycles. The molecule has 0 bridgehead atoms. The molecule has 20 heavy (non-hydrogen) atoms. The Balaban J connectivity index is 1.96. The Hall–Kier alpha value is -1.30. The highest BCUT2D eigenvalue weighted by Crippen LogP contribution is 2.40. The van der Waals surface area contributed by atoms with Crippen LogP contribution in [0.25, 0.3) is 0 Å². The van der Waals surface area contributed by atoms with Crippen molar-refractivity contribution < 1.29 is 19.3 Å². The Bertz CT molecular complexity index is 485. The number of methoxy groups -OCH3 is 2. The van der Waals surface area contributed by atoms with Gasteiger partial charge in [0.1, 0.15) is 11.5 Å². The Morgan fingerprint density at radius 3 is 2.65 bits per heavy atom. The maximum Gasteiger partial charge on any atom is 0.125 e. The van der Waals surface area contributed by atoms with Gasteiger partial charge in [-0.05, 0) is 18.6 Å². The minimum Gasteiger partial charge on any atom is -0.496 e. The maximum atomic E-state index is 10.5. The average Bonchev–Trinajstić information content (AvgIpc) is 3.00. The molecule has 0 aliphatic carbocycles. The molecule has 1 aromatic rings. The number of rotatable bonds is 3. The first-order valence-corrected chi connectivity index (χ1v) is 6.98. The molecule has 0 spiro atoms. The van der Waals surface area contributed by atoms with Crippen LogP contribution in [-0.2, 0) is 11.3 Å². The topological polar surface area (TPSA) is 51.2 Å². The van der Waals surface area contributed by atoms with Gasteiger partial charge in [0.2, 0.25) is 0 Å². The average molecular weight is 279 g/mol. The molecule has 1 saturated heterocycles. The molecule has 5 nitrogen and oxygen atoms in total. The van der Waals surface area contributed by atoms with Gasteiger partial charge >= 0.3 is 0 Å². The predicted molar refractivity (Wildman–Crippen MR) is 74.1 cm³/mol. The van der Waals surface area contributed by atoms with Crippen molar-refractivity contribution >= 4 is 0 Å². The molecule has 2 aliphatic rings. The number of fused-ring (bicyclic) bond motifs is 1. The highest BCUT2D eigenvalue weighted by molar-refractivity contribution is 5.51. The van der Waals surface area contributed by atoms with E-state index in [4.69, 9.17) is 14.2 Å². The van der Waals surface area contributed by atoms with Crippen LogP contribution in [0.2, 0.25) is 0 Å². The molecule has 1 N–H and O–H groups in total. The van der Waals surface area contributed by atoms with Crippen LogP contribution < -0.4 is 9.47 Å². The van der Waals surface area contributed by atoms with Crippen molar-refractivity contribution in [1.82, 2.24) is 4.90 Å². The van der Waals surface area contributed by atoms with Crippen LogP contribution in [0, 0.1) is 0 Å². The van der Waals surface area contributed by atoms with Crippen molar-refractivity contribution in [2.45, 2.75) is 25.1 Å². The molecule has 1 fully saturated rings. The normalized spacial score (nSPS) is 26.4. The lowest BCUT2D eigenvalue weighted by molar-refractivity contribution is 0.0560. The Kier molecular flexibility index (Phi) is 3.83. The van der Waals surface area contributed by atoms with Gasteiger partial charge in [0.05, 0.1) is 26.9 Å². The summed E-state index contributed by atoms with van der Waals surface area (Å²) in [5, 5.41) is 10.5. The van der Waals surface area contributed by atoms with E-state index in [2.05, 4.69) is 4.90 Å². The van der Waals surface area contributed by atoms with Gasteiger partial charge in [0.15, 0.2) is 0 Å². The summed E-state index contributed by atoms with van der Waals surface area (Å²) in [4.78, 5) is 2.28. The van der Waals surface area contributed by atoms with Crippen molar-refractivity contribution in [1.29, 1.82) is 0 Å². The van der Waals surface area contributed by atoms with E-state index in [-0.39, 0.29) is 0 Å². The summed E-state index contributed by atoms with van der Waals surface area (Å²) in [5.41, 5.74) is 1.89. The molecule has 0 amide bonds. The van der Waals surface area contributed by atoms with E-state index in [0.717, 1.165) is 48.8 Å². The van der Waals surface area contributed by atoms with E-state index in [1.165, 1.54) is 0 Å². The van der Waals surface area contributed by atoms with E-state index < -0.39 is 6.10 Å². The first kappa shape index (κ1) is 13.7. The lowest BCUT2D eigenvalue weighted by Gasteiger charge is -2.36. The number of hydrogen-bond donors (Lipinski definition) is 1. The number of nitrogens with zero attached hydrogens (tertiary/aromatic N) is 1. The Labute approximate surface area is 119 Å². The second kappa shape index (κ2) is 5.60. The Morgan fingerprint density at radius 2 is 2.00 bits per heavy atom. The molecule has 0 saturated carbocycles. The van der Waals surface area contributed by atoms with Gasteiger partial charge in [-0.25, -0.2) is 0 Å². The van der Waals surface area contributed by atoms with Gasteiger partial charge in [0.25, 0.3) is 0 Å². The standard InChI is InChI=1S/C15H21NO4/c1-18-13-3-4-14(19-2)15-11(13)7-16(8-12(15)17)10-5-6-20-9-10/h3-4,10,12,17H,5-9H2,1-2H3/t10-,12+/m0/s1. The second-order valence-corrected chi connectivity index (χ2v) is 5.32. The lowest BCUT2D eigenvalue weighted by Crippen LogP contribution is -2.41. The van der Waals surface area contributed by atoms with Crippen molar-refractivity contribution in [3.8, 4) is 11.5 Å². The number of hydrogen-bond acceptors (Lipinski definition) is 5. The first-order chi connectivity index (χ1) is 9.74. The van der Waals surface area contributed by atoms with Crippen LogP contribution in [0.5, 0.6) is 11.5 Å². The molecule has 0 unspecified atom stereocenters. The summed E-state index contributed by atoms with van der Waals surface area (Å²) in [6, 6.07) is 4.14. The SMILES string of the molecule is COc1ccc(OC)c2c1CN([C@H]1CCOC1)C[C@H]2O. The fourth-order valence-electron chi connectivity index (χ4n) is 3.19. The fraction of sp³-hybridized carbons (Fsp3) is 0.600. The third kappa shape index (κ3) is 2.26. The van der Waals surface area contributed by atoms with Gasteiger partial charge < -0.3 is 19.3 Å². The molecule has 1 aromatic carbocycles. The predicted octanol–water partition coefficient (Wildman–Crippen LogP) is 1.34. The largest absolute Gasteiger partial charge is 0.496 e. The zero-order valence-electron chi connectivity index (χ0n) is 12.0. The molecular weight excluding hydrogens is 258 g/mol. The van der Waals surface area contributed by atoms with E-state index >= 15 is 0 Å². The summed E-state index contributed by atoms with van der Waals surface area (Å²) < 4.78 is 16.3. The highest BCUT2D eigenvalue weighted by atomic mass is 16.5. The number of β-amino-alcohol motifs (C(OH)–C–C–N with tert-alkyl or cyclic N) is 1. The van der Waals surface area contributed by atoms with Crippen LogP contribution in [0.4, 0.5) is 0 Å². The minimum absolute atomic E-state index is 0.383. The number of aliphatic hydroxyl groups excluding tert-OH is 1. The van der Waals surface area contributed by atoms with E-state index in [0.29, 0.717) is 12.6 Å². The van der Waals surface area contributed by atoms with Gasteiger partial charge in [-0.2, -0.15) is 0 Å². The molecule has 3 rings (SSSR count). The van der Waals surface area contributed by atoms with Crippen LogP contribution in [0.15, 0.2) is 12.1 Å². The zero-order valence-corrected chi connectivity index (χ0v) is 12.0. The smallest absolute Gasteiger partial charge is 0.125 e. The molecule has 5 heteroatoms. The summed E-state index contributed by atoms with van der Waals surface area (Å²) in [5.74, 6) is 1.54. The summed E-state index contributed by atoms with van der Waals surface area (Å²) in [7, 11) is 3.29. The van der Waals surface area contributed by atoms with Crippen molar-refractivity contribution in [2.24, 2.45) is 0 Å². The van der Waals surface area contributed by atoms with Crippen molar-refractivity contribution in [3.05, 3.63) is 23.3 Å². The van der Waals surface area contributed by atoms with Gasteiger partial charge in [-0.3, -0.25) is 4.90 Å². The maximum absolute atomic E-state index is 10.5. The van der Waals surface area contributed by atoms with Crippen molar-refractivity contribution in [2.75, 3.05) is 34.0 Å². The van der Waals surface area contributed by atoms with E-state index in [1.807, 2.05) is 12.1 Å². The highest BCUT2D eigenvalue weighted by Gasteiger charge is 2.34. The third-order valence-electron chi connectivity index (χ3n) is 4.24. The van der Waals surface area contributed by atoms with Crippen LogP contribution in [0.3, 0.4) is 0 Å². The second-order valence-electron chi connectivity index (χ2n) is 5.32. The molecule has 0 radical (unpaired) electrons. The van der Waals surface area contributed by atoms with Gasteiger partial charge in [-0.15, -0.1) is 0 Å². The molecule has 0 aromatic heterocycles. The van der Waals surface area contributed by atoms with Gasteiger partial charge in [0, 0.05) is 36.9 Å². The van der Waals surface area contributed by atoms with Crippen LogP contribution >= 0.6 is 0 Å². The first-order valence-electron chi connectivity index (χ1n) is 6.98. The van der Waals surface area contributed by atoms with Crippen LogP contribution in [0.1, 0.15) is 23.7 Å². The molecule has 110 valence electrons. The van der Waals surface area contributed by atoms with Crippen molar-refractivity contribution in [3.63, 3.8) is 0 Å². The number of benzene rings is 1. The molecular formula is C15H21NO4. The summed E-state index contributed by atoms with van der Waals surface area (Å²) in [6.45, 7) is 2.93. The summed E-state index contributed by atoms with van der Waals surface area (Å²) in [6.07, 6.45) is 0.471. The van der Waals surface area contributed by atoms with E-state index in [1.54, 1.807) is 14.2 Å². The monoisotopic (exact) mass is 279 g/mol. The molecule has 2 atom stereocenters. The van der Waals surface area contributed by atoms with E-state index in [9.17, 15) is 5.11 Å². The van der Waals surface area contributed by atoms with Gasteiger partial charge in [-0.1, -0.05) is 0 Å². The minimum atomic E-state index is -0.551. The summed E-state index contributed by atoms with van der Waals surface area (Å²) >= 11 is 0. The lowest BCUT2D eigenvalue weighted by atomic mass is 9.94. The molecule has 2 aliphatic heterocycles.